The van der Waals surface area contributed by atoms with Gasteiger partial charge in [0.1, 0.15) is 6.10 Å². The Hall–Kier alpha value is -0.763. The van der Waals surface area contributed by atoms with Crippen molar-refractivity contribution in [3.05, 3.63) is 35.9 Å². The predicted octanol–water partition coefficient (Wildman–Crippen LogP) is 5.01. The van der Waals surface area contributed by atoms with E-state index in [0.717, 1.165) is 12.0 Å². The zero-order valence-corrected chi connectivity index (χ0v) is 21.9. The minimum Gasteiger partial charge on any atom is -0.417 e. The summed E-state index contributed by atoms with van der Waals surface area (Å²) in [6, 6.07) is 9.95. The van der Waals surface area contributed by atoms with Gasteiger partial charge in [0, 0.05) is 20.3 Å². The van der Waals surface area contributed by atoms with Crippen LogP contribution in [0.15, 0.2) is 30.3 Å². The summed E-state index contributed by atoms with van der Waals surface area (Å²) >= 11 is 0. The minimum absolute atomic E-state index is 0.00493. The molecule has 0 saturated heterocycles. The first kappa shape index (κ1) is 28.3. The third kappa shape index (κ3) is 9.72. The van der Waals surface area contributed by atoms with E-state index in [1.54, 1.807) is 7.11 Å². The molecule has 0 spiro atoms. The summed E-state index contributed by atoms with van der Waals surface area (Å²) in [6.45, 7) is 16.5. The highest BCUT2D eigenvalue weighted by molar-refractivity contribution is 6.74. The molecule has 31 heavy (non-hydrogen) atoms. The summed E-state index contributed by atoms with van der Waals surface area (Å²) in [5, 5.41) is 20.5. The van der Waals surface area contributed by atoms with Gasteiger partial charge in [-0.1, -0.05) is 65.0 Å². The summed E-state index contributed by atoms with van der Waals surface area (Å²) < 4.78 is 18.4. The number of methoxy groups -OCH3 is 1. The Morgan fingerprint density at radius 2 is 1.61 bits per heavy atom. The van der Waals surface area contributed by atoms with Gasteiger partial charge < -0.3 is 24.1 Å². The summed E-state index contributed by atoms with van der Waals surface area (Å²) in [5.41, 5.74) is 1.05. The molecule has 0 aliphatic carbocycles. The second kappa shape index (κ2) is 13.1. The molecule has 1 aromatic rings. The van der Waals surface area contributed by atoms with Crippen LogP contribution in [0.5, 0.6) is 0 Å². The van der Waals surface area contributed by atoms with Gasteiger partial charge in [-0.05, 0) is 48.4 Å². The highest BCUT2D eigenvalue weighted by Crippen LogP contribution is 2.37. The Morgan fingerprint density at radius 3 is 2.13 bits per heavy atom. The SMILES string of the molecule is CO[C@@H](C[C@@H](C)CO[Si](C)(C)C(C)(C)C)[C@H](OCc1ccccc1)[C@@H](O)C[C@@H](C)CO. The normalized spacial score (nSPS) is 17.7. The molecule has 2 N–H and O–H groups in total. The number of aliphatic hydroxyl groups is 2. The molecule has 180 valence electrons. The quantitative estimate of drug-likeness (QED) is 0.387. The van der Waals surface area contributed by atoms with E-state index in [1.165, 1.54) is 0 Å². The number of hydrogen-bond donors (Lipinski definition) is 2. The van der Waals surface area contributed by atoms with Crippen LogP contribution in [0.4, 0.5) is 0 Å². The second-order valence-corrected chi connectivity index (χ2v) is 15.3. The molecule has 1 rings (SSSR count). The minimum atomic E-state index is -1.81. The van der Waals surface area contributed by atoms with Crippen molar-refractivity contribution >= 4 is 8.32 Å². The van der Waals surface area contributed by atoms with Crippen molar-refractivity contribution in [1.29, 1.82) is 0 Å². The van der Waals surface area contributed by atoms with Gasteiger partial charge in [-0.3, -0.25) is 0 Å². The van der Waals surface area contributed by atoms with Gasteiger partial charge in [-0.25, -0.2) is 0 Å². The lowest BCUT2D eigenvalue weighted by atomic mass is 9.93. The molecule has 0 aromatic heterocycles. The Kier molecular flexibility index (Phi) is 11.9. The van der Waals surface area contributed by atoms with Gasteiger partial charge in [0.2, 0.25) is 0 Å². The van der Waals surface area contributed by atoms with Crippen LogP contribution in [0, 0.1) is 11.8 Å². The Bertz CT molecular complexity index is 602. The lowest BCUT2D eigenvalue weighted by molar-refractivity contribution is -0.129. The fourth-order valence-corrected chi connectivity index (χ4v) is 4.38. The molecule has 0 aliphatic rings. The zero-order chi connectivity index (χ0) is 23.7. The van der Waals surface area contributed by atoms with Crippen LogP contribution in [0.2, 0.25) is 18.1 Å². The molecule has 6 heteroatoms. The highest BCUT2D eigenvalue weighted by Gasteiger charge is 2.38. The van der Waals surface area contributed by atoms with E-state index in [2.05, 4.69) is 40.8 Å². The molecular formula is C25H46O5Si. The van der Waals surface area contributed by atoms with Crippen molar-refractivity contribution < 1.29 is 24.1 Å². The topological polar surface area (TPSA) is 68.2 Å². The molecule has 0 bridgehead atoms. The molecule has 5 atom stereocenters. The lowest BCUT2D eigenvalue weighted by Crippen LogP contribution is -2.44. The van der Waals surface area contributed by atoms with Gasteiger partial charge in [-0.15, -0.1) is 0 Å². The zero-order valence-electron chi connectivity index (χ0n) is 20.9. The fourth-order valence-electron chi connectivity index (χ4n) is 3.25. The smallest absolute Gasteiger partial charge is 0.191 e. The van der Waals surface area contributed by atoms with Crippen LogP contribution in [-0.2, 0) is 20.5 Å². The molecule has 5 nitrogen and oxygen atoms in total. The molecule has 0 saturated carbocycles. The van der Waals surface area contributed by atoms with Gasteiger partial charge in [0.15, 0.2) is 8.32 Å². The molecule has 1 aromatic carbocycles. The van der Waals surface area contributed by atoms with Crippen LogP contribution in [0.3, 0.4) is 0 Å². The molecule has 0 amide bonds. The predicted molar refractivity (Wildman–Crippen MR) is 130 cm³/mol. The largest absolute Gasteiger partial charge is 0.417 e. The number of aliphatic hydroxyl groups excluding tert-OH is 2. The maximum absolute atomic E-state index is 10.9. The maximum Gasteiger partial charge on any atom is 0.191 e. The number of ether oxygens (including phenoxy) is 2. The monoisotopic (exact) mass is 454 g/mol. The molecule has 0 heterocycles. The van der Waals surface area contributed by atoms with E-state index in [0.29, 0.717) is 19.6 Å². The van der Waals surface area contributed by atoms with Crippen molar-refractivity contribution in [3.63, 3.8) is 0 Å². The summed E-state index contributed by atoms with van der Waals surface area (Å²) in [6.07, 6.45) is -0.263. The standard InChI is InChI=1S/C25H46O5Si/c1-19(16-26)14-22(27)24(29-18-21-12-10-9-11-13-21)23(28-6)15-20(2)17-30-31(7,8)25(3,4)5/h9-13,19-20,22-24,26-27H,14-18H2,1-8H3/t19-,20-,22+,23+,24-/m1/s1. The van der Waals surface area contributed by atoms with Crippen molar-refractivity contribution in [2.45, 2.75) is 90.5 Å². The van der Waals surface area contributed by atoms with E-state index in [-0.39, 0.29) is 29.6 Å². The van der Waals surface area contributed by atoms with Gasteiger partial charge in [0.05, 0.1) is 18.8 Å². The summed E-state index contributed by atoms with van der Waals surface area (Å²) in [4.78, 5) is 0. The molecular weight excluding hydrogens is 408 g/mol. The van der Waals surface area contributed by atoms with E-state index < -0.39 is 20.5 Å². The molecule has 0 unspecified atom stereocenters. The molecule has 0 radical (unpaired) electrons. The van der Waals surface area contributed by atoms with E-state index in [9.17, 15) is 10.2 Å². The highest BCUT2D eigenvalue weighted by atomic mass is 28.4. The van der Waals surface area contributed by atoms with Crippen LogP contribution in [-0.4, -0.2) is 57.2 Å². The van der Waals surface area contributed by atoms with Crippen molar-refractivity contribution in [2.75, 3.05) is 20.3 Å². The average Bonchev–Trinajstić information content (AvgIpc) is 2.71. The van der Waals surface area contributed by atoms with Crippen LogP contribution in [0.25, 0.3) is 0 Å². The van der Waals surface area contributed by atoms with E-state index >= 15 is 0 Å². The van der Waals surface area contributed by atoms with Crippen LogP contribution >= 0.6 is 0 Å². The van der Waals surface area contributed by atoms with E-state index in [4.69, 9.17) is 13.9 Å². The van der Waals surface area contributed by atoms with Gasteiger partial charge in [0.25, 0.3) is 0 Å². The first-order valence-electron chi connectivity index (χ1n) is 11.5. The third-order valence-corrected chi connectivity index (χ3v) is 11.0. The lowest BCUT2D eigenvalue weighted by Gasteiger charge is -2.38. The molecule has 0 aliphatic heterocycles. The van der Waals surface area contributed by atoms with E-state index in [1.807, 2.05) is 37.3 Å². The number of hydrogen-bond acceptors (Lipinski definition) is 5. The third-order valence-electron chi connectivity index (χ3n) is 6.46. The van der Waals surface area contributed by atoms with Crippen molar-refractivity contribution in [3.8, 4) is 0 Å². The first-order chi connectivity index (χ1) is 14.4. The van der Waals surface area contributed by atoms with Crippen molar-refractivity contribution in [2.24, 2.45) is 11.8 Å². The maximum atomic E-state index is 10.9. The Balaban J connectivity index is 2.83. The van der Waals surface area contributed by atoms with Gasteiger partial charge in [-0.2, -0.15) is 0 Å². The summed E-state index contributed by atoms with van der Waals surface area (Å²) in [7, 11) is -0.139. The second-order valence-electron chi connectivity index (χ2n) is 10.5. The van der Waals surface area contributed by atoms with Crippen LogP contribution < -0.4 is 0 Å². The average molecular weight is 455 g/mol. The number of rotatable bonds is 14. The van der Waals surface area contributed by atoms with Crippen LogP contribution in [0.1, 0.15) is 53.0 Å². The Morgan fingerprint density at radius 1 is 1.00 bits per heavy atom. The summed E-state index contributed by atoms with van der Waals surface area (Å²) in [5.74, 6) is 0.263. The molecule has 0 fully saturated rings. The van der Waals surface area contributed by atoms with Gasteiger partial charge >= 0.3 is 0 Å². The fraction of sp³-hybridized carbons (Fsp3) is 0.760. The Labute approximate surface area is 191 Å². The van der Waals surface area contributed by atoms with Crippen molar-refractivity contribution in [1.82, 2.24) is 0 Å². The number of benzene rings is 1. The first-order valence-corrected chi connectivity index (χ1v) is 14.4.